The van der Waals surface area contributed by atoms with Crippen molar-refractivity contribution >= 4 is 34.1 Å². The molecule has 3 heterocycles. The highest BCUT2D eigenvalue weighted by molar-refractivity contribution is 5.81. The summed E-state index contributed by atoms with van der Waals surface area (Å²) in [5.41, 5.74) is 10.2. The molecule has 4 aromatic rings. The zero-order chi connectivity index (χ0) is 22.7. The molecule has 0 saturated carbocycles. The Morgan fingerprint density at radius 2 is 2.03 bits per heavy atom. The van der Waals surface area contributed by atoms with E-state index in [1.54, 1.807) is 13.3 Å². The van der Waals surface area contributed by atoms with E-state index in [1.165, 1.54) is 0 Å². The molecular weight excluding hydrogens is 408 g/mol. The fourth-order valence-electron chi connectivity index (χ4n) is 3.61. The molecule has 0 aliphatic heterocycles. The standard InChI is InChI=1S/C22H28N8O2/c1-14(2)30-13-25-17-7-6-16(10-18(17)30)11-24-22(31)32-9-5-4-8-29-12-26-19-20(23)27-15(3)28-21(19)29/h6-7,10,12-14H,4-5,8-9,11H2,1-3H3,(H,24,31)(H2,23,27,28). The Kier molecular flexibility index (Phi) is 6.20. The summed E-state index contributed by atoms with van der Waals surface area (Å²) in [4.78, 5) is 29.3. The summed E-state index contributed by atoms with van der Waals surface area (Å²) >= 11 is 0. The lowest BCUT2D eigenvalue weighted by Gasteiger charge is -2.10. The third kappa shape index (κ3) is 4.63. The van der Waals surface area contributed by atoms with Gasteiger partial charge in [-0.2, -0.15) is 0 Å². The summed E-state index contributed by atoms with van der Waals surface area (Å²) in [6.07, 6.45) is 4.68. The van der Waals surface area contributed by atoms with Crippen molar-refractivity contribution in [3.05, 3.63) is 42.2 Å². The summed E-state index contributed by atoms with van der Waals surface area (Å²) in [5.74, 6) is 1.00. The predicted octanol–water partition coefficient (Wildman–Crippen LogP) is 3.35. The molecule has 1 aromatic carbocycles. The quantitative estimate of drug-likeness (QED) is 0.406. The fourth-order valence-corrected chi connectivity index (χ4v) is 3.61. The number of nitrogens with zero attached hydrogens (tertiary/aromatic N) is 6. The molecule has 4 rings (SSSR count). The van der Waals surface area contributed by atoms with Crippen molar-refractivity contribution in [2.24, 2.45) is 0 Å². The lowest BCUT2D eigenvalue weighted by atomic mass is 10.2. The second kappa shape index (κ2) is 9.21. The van der Waals surface area contributed by atoms with Gasteiger partial charge < -0.3 is 24.9 Å². The van der Waals surface area contributed by atoms with Gasteiger partial charge in [0.05, 0.1) is 30.3 Å². The number of anilines is 1. The number of hydrogen-bond acceptors (Lipinski definition) is 7. The van der Waals surface area contributed by atoms with Crippen molar-refractivity contribution < 1.29 is 9.53 Å². The van der Waals surface area contributed by atoms with Crippen LogP contribution in [0.1, 0.15) is 44.1 Å². The van der Waals surface area contributed by atoms with E-state index in [0.717, 1.165) is 35.1 Å². The van der Waals surface area contributed by atoms with Crippen LogP contribution < -0.4 is 11.1 Å². The first-order chi connectivity index (χ1) is 15.4. The lowest BCUT2D eigenvalue weighted by Crippen LogP contribution is -2.24. The molecule has 3 N–H and O–H groups in total. The number of benzene rings is 1. The monoisotopic (exact) mass is 436 g/mol. The molecule has 0 atom stereocenters. The minimum Gasteiger partial charge on any atom is -0.450 e. The number of nitrogens with two attached hydrogens (primary N) is 1. The van der Waals surface area contributed by atoms with E-state index < -0.39 is 6.09 Å². The minimum absolute atomic E-state index is 0.322. The van der Waals surface area contributed by atoms with Crippen LogP contribution in [0, 0.1) is 6.92 Å². The van der Waals surface area contributed by atoms with Gasteiger partial charge >= 0.3 is 6.09 Å². The van der Waals surface area contributed by atoms with Crippen molar-refractivity contribution in [2.75, 3.05) is 12.3 Å². The van der Waals surface area contributed by atoms with Gasteiger partial charge in [-0.05, 0) is 51.3 Å². The Morgan fingerprint density at radius 3 is 2.84 bits per heavy atom. The average molecular weight is 437 g/mol. The van der Waals surface area contributed by atoms with E-state index in [0.29, 0.717) is 42.9 Å². The van der Waals surface area contributed by atoms with Crippen molar-refractivity contribution in [3.63, 3.8) is 0 Å². The van der Waals surface area contributed by atoms with Crippen molar-refractivity contribution in [1.82, 2.24) is 34.4 Å². The highest BCUT2D eigenvalue weighted by atomic mass is 16.5. The maximum absolute atomic E-state index is 12.0. The SMILES string of the molecule is Cc1nc(N)c2ncn(CCCCOC(=O)NCc3ccc4ncn(C(C)C)c4c3)c2n1. The summed E-state index contributed by atoms with van der Waals surface area (Å²) in [6, 6.07) is 6.31. The zero-order valence-corrected chi connectivity index (χ0v) is 18.6. The van der Waals surface area contributed by atoms with Gasteiger partial charge in [0.15, 0.2) is 11.5 Å². The molecule has 0 unspecified atom stereocenters. The molecule has 0 spiro atoms. The van der Waals surface area contributed by atoms with E-state index in [9.17, 15) is 4.79 Å². The number of hydrogen-bond donors (Lipinski definition) is 2. The van der Waals surface area contributed by atoms with Crippen LogP contribution in [0.3, 0.4) is 0 Å². The number of aryl methyl sites for hydroxylation is 2. The molecule has 1 amide bonds. The van der Waals surface area contributed by atoms with E-state index in [1.807, 2.05) is 23.0 Å². The van der Waals surface area contributed by atoms with E-state index in [4.69, 9.17) is 10.5 Å². The van der Waals surface area contributed by atoms with Crippen LogP contribution in [0.2, 0.25) is 0 Å². The number of aromatic nitrogens is 6. The Hall–Kier alpha value is -3.69. The zero-order valence-electron chi connectivity index (χ0n) is 18.6. The van der Waals surface area contributed by atoms with E-state index >= 15 is 0 Å². The Balaban J connectivity index is 1.21. The maximum Gasteiger partial charge on any atom is 0.407 e. The van der Waals surface area contributed by atoms with Crippen LogP contribution in [0.5, 0.6) is 0 Å². The van der Waals surface area contributed by atoms with Gasteiger partial charge in [0.1, 0.15) is 11.3 Å². The van der Waals surface area contributed by atoms with Crippen LogP contribution >= 0.6 is 0 Å². The van der Waals surface area contributed by atoms with Gasteiger partial charge in [-0.1, -0.05) is 6.07 Å². The Bertz CT molecular complexity index is 1240. The topological polar surface area (TPSA) is 126 Å². The average Bonchev–Trinajstić information content (AvgIpc) is 3.36. The van der Waals surface area contributed by atoms with Gasteiger partial charge in [-0.15, -0.1) is 0 Å². The van der Waals surface area contributed by atoms with Crippen LogP contribution in [-0.2, 0) is 17.8 Å². The molecular formula is C22H28N8O2. The summed E-state index contributed by atoms with van der Waals surface area (Å²) in [7, 11) is 0. The number of fused-ring (bicyclic) bond motifs is 2. The first kappa shape index (κ1) is 21.5. The molecule has 0 bridgehead atoms. The van der Waals surface area contributed by atoms with Gasteiger partial charge in [-0.25, -0.2) is 24.7 Å². The number of amides is 1. The molecule has 0 saturated heterocycles. The molecule has 0 fully saturated rings. The van der Waals surface area contributed by atoms with Crippen molar-refractivity contribution in [2.45, 2.75) is 52.7 Å². The first-order valence-corrected chi connectivity index (χ1v) is 10.7. The molecule has 10 heteroatoms. The fraction of sp³-hybridized carbons (Fsp3) is 0.409. The highest BCUT2D eigenvalue weighted by Crippen LogP contribution is 2.19. The second-order valence-electron chi connectivity index (χ2n) is 8.03. The van der Waals surface area contributed by atoms with Crippen molar-refractivity contribution in [1.29, 1.82) is 0 Å². The molecule has 3 aromatic heterocycles. The third-order valence-electron chi connectivity index (χ3n) is 5.26. The number of imidazole rings is 2. The number of rotatable bonds is 8. The summed E-state index contributed by atoms with van der Waals surface area (Å²) < 4.78 is 9.36. The largest absolute Gasteiger partial charge is 0.450 e. The van der Waals surface area contributed by atoms with Crippen LogP contribution in [0.4, 0.5) is 10.6 Å². The number of carbonyl (C=O) groups excluding carboxylic acids is 1. The highest BCUT2D eigenvalue weighted by Gasteiger charge is 2.10. The molecule has 168 valence electrons. The second-order valence-corrected chi connectivity index (χ2v) is 8.03. The van der Waals surface area contributed by atoms with E-state index in [2.05, 4.69) is 49.7 Å². The number of nitrogens with one attached hydrogen (secondary N) is 1. The van der Waals surface area contributed by atoms with Crippen LogP contribution in [0.15, 0.2) is 30.9 Å². The Morgan fingerprint density at radius 1 is 1.19 bits per heavy atom. The number of unbranched alkanes of at least 4 members (excludes halogenated alkanes) is 1. The normalized spacial score (nSPS) is 11.5. The maximum atomic E-state index is 12.0. The van der Waals surface area contributed by atoms with Gasteiger partial charge in [-0.3, -0.25) is 0 Å². The van der Waals surface area contributed by atoms with Gasteiger partial charge in [0, 0.05) is 19.1 Å². The van der Waals surface area contributed by atoms with Crippen molar-refractivity contribution in [3.8, 4) is 0 Å². The number of carbonyl (C=O) groups is 1. The minimum atomic E-state index is -0.424. The number of nitrogen functional groups attached to an aromatic ring is 1. The summed E-state index contributed by atoms with van der Waals surface area (Å²) in [6.45, 7) is 7.48. The molecule has 32 heavy (non-hydrogen) atoms. The summed E-state index contributed by atoms with van der Waals surface area (Å²) in [5, 5.41) is 2.81. The lowest BCUT2D eigenvalue weighted by molar-refractivity contribution is 0.143. The number of ether oxygens (including phenoxy) is 1. The van der Waals surface area contributed by atoms with Crippen LogP contribution in [0.25, 0.3) is 22.2 Å². The molecule has 0 aliphatic carbocycles. The molecule has 0 aliphatic rings. The Labute approximate surface area is 185 Å². The van der Waals surface area contributed by atoms with E-state index in [-0.39, 0.29) is 0 Å². The smallest absolute Gasteiger partial charge is 0.407 e. The van der Waals surface area contributed by atoms with Gasteiger partial charge in [0.2, 0.25) is 0 Å². The molecule has 10 nitrogen and oxygen atoms in total. The first-order valence-electron chi connectivity index (χ1n) is 10.7. The van der Waals surface area contributed by atoms with Crippen LogP contribution in [-0.4, -0.2) is 41.8 Å². The predicted molar refractivity (Wildman–Crippen MR) is 122 cm³/mol. The van der Waals surface area contributed by atoms with Gasteiger partial charge in [0.25, 0.3) is 0 Å². The number of alkyl carbamates (subject to hydrolysis) is 1. The molecule has 0 radical (unpaired) electrons. The third-order valence-corrected chi connectivity index (χ3v) is 5.26.